The Morgan fingerprint density at radius 3 is 2.89 bits per heavy atom. The second-order valence-electron chi connectivity index (χ2n) is 5.60. The molecule has 2 rings (SSSR count). The van der Waals surface area contributed by atoms with Crippen LogP contribution < -0.4 is 0 Å². The van der Waals surface area contributed by atoms with Crippen molar-refractivity contribution in [2.24, 2.45) is 5.41 Å². The van der Waals surface area contributed by atoms with Gasteiger partial charge in [0.15, 0.2) is 5.69 Å². The molecule has 0 saturated carbocycles. The van der Waals surface area contributed by atoms with E-state index in [0.29, 0.717) is 18.8 Å². The third-order valence-corrected chi connectivity index (χ3v) is 3.65. The smallest absolute Gasteiger partial charge is 0.275 e. The van der Waals surface area contributed by atoms with Gasteiger partial charge in [0, 0.05) is 13.1 Å². The van der Waals surface area contributed by atoms with Gasteiger partial charge >= 0.3 is 0 Å². The van der Waals surface area contributed by atoms with Crippen molar-refractivity contribution >= 4 is 17.6 Å². The maximum atomic E-state index is 12.1. The first kappa shape index (κ1) is 13.4. The third kappa shape index (κ3) is 3.05. The van der Waals surface area contributed by atoms with Gasteiger partial charge in [0.2, 0.25) is 0 Å². The van der Waals surface area contributed by atoms with Crippen LogP contribution in [0.3, 0.4) is 0 Å². The molecule has 1 amide bonds. The molecule has 1 aromatic heterocycles. The lowest BCUT2D eigenvalue weighted by Gasteiger charge is -2.29. The maximum Gasteiger partial charge on any atom is 0.275 e. The van der Waals surface area contributed by atoms with Gasteiger partial charge in [0.05, 0.1) is 30.6 Å². The molecule has 1 aliphatic heterocycles. The Hall–Kier alpha value is -1.01. The topological polar surface area (TPSA) is 55.3 Å². The van der Waals surface area contributed by atoms with Gasteiger partial charge in [0.25, 0.3) is 5.91 Å². The minimum Gasteiger partial charge on any atom is -0.376 e. The fraction of sp³-hybridized carbons (Fsp3) is 0.750. The van der Waals surface area contributed by atoms with Gasteiger partial charge < -0.3 is 9.64 Å². The highest BCUT2D eigenvalue weighted by Crippen LogP contribution is 2.26. The van der Waals surface area contributed by atoms with Gasteiger partial charge in [-0.2, -0.15) is 8.75 Å². The van der Waals surface area contributed by atoms with Crippen LogP contribution in [0.2, 0.25) is 0 Å². The second-order valence-corrected chi connectivity index (χ2v) is 6.16. The number of rotatable bonds is 1. The zero-order valence-electron chi connectivity index (χ0n) is 11.0. The summed E-state index contributed by atoms with van der Waals surface area (Å²) in [6.45, 7) is 8.44. The molecule has 0 spiro atoms. The second kappa shape index (κ2) is 5.32. The number of ether oxygens (including phenoxy) is 1. The number of carbonyl (C=O) groups is 1. The fourth-order valence-electron chi connectivity index (χ4n) is 2.08. The van der Waals surface area contributed by atoms with Crippen molar-refractivity contribution in [1.82, 2.24) is 13.6 Å². The molecule has 0 bridgehead atoms. The summed E-state index contributed by atoms with van der Waals surface area (Å²) in [5.74, 6) is -0.0399. The van der Waals surface area contributed by atoms with Gasteiger partial charge in [-0.25, -0.2) is 0 Å². The van der Waals surface area contributed by atoms with E-state index in [-0.39, 0.29) is 17.4 Å². The third-order valence-electron chi connectivity index (χ3n) is 3.18. The van der Waals surface area contributed by atoms with Crippen molar-refractivity contribution in [3.63, 3.8) is 0 Å². The van der Waals surface area contributed by atoms with Crippen LogP contribution in [0.15, 0.2) is 6.20 Å². The van der Waals surface area contributed by atoms with E-state index in [1.807, 2.05) is 4.90 Å². The summed E-state index contributed by atoms with van der Waals surface area (Å²) in [6, 6.07) is 0. The lowest BCUT2D eigenvalue weighted by molar-refractivity contribution is -0.00973. The minimum absolute atomic E-state index is 0.0399. The summed E-state index contributed by atoms with van der Waals surface area (Å²) < 4.78 is 13.7. The average molecular weight is 269 g/mol. The van der Waals surface area contributed by atoms with Gasteiger partial charge in [-0.15, -0.1) is 0 Å². The molecule has 0 aromatic carbocycles. The van der Waals surface area contributed by atoms with Crippen LogP contribution in [0.25, 0.3) is 0 Å². The Kier molecular flexibility index (Phi) is 3.97. The number of amides is 1. The molecule has 1 saturated heterocycles. The SMILES string of the molecule is CC(C)(C)C1CCN(C(=O)c2cnsn2)CCO1. The predicted molar refractivity (Wildman–Crippen MR) is 69.6 cm³/mol. The first-order valence-corrected chi connectivity index (χ1v) is 6.90. The van der Waals surface area contributed by atoms with E-state index in [2.05, 4.69) is 29.5 Å². The van der Waals surface area contributed by atoms with Crippen molar-refractivity contribution in [3.05, 3.63) is 11.9 Å². The first-order chi connectivity index (χ1) is 8.48. The van der Waals surface area contributed by atoms with Crippen molar-refractivity contribution in [2.75, 3.05) is 19.7 Å². The molecule has 6 heteroatoms. The fourth-order valence-corrected chi connectivity index (χ4v) is 2.49. The molecule has 2 heterocycles. The van der Waals surface area contributed by atoms with Crippen LogP contribution in [0, 0.1) is 5.41 Å². The number of hydrogen-bond acceptors (Lipinski definition) is 5. The van der Waals surface area contributed by atoms with Gasteiger partial charge in [-0.05, 0) is 11.8 Å². The van der Waals surface area contributed by atoms with Crippen LogP contribution in [-0.4, -0.2) is 45.4 Å². The lowest BCUT2D eigenvalue weighted by Crippen LogP contribution is -2.34. The highest BCUT2D eigenvalue weighted by atomic mass is 32.1. The summed E-state index contributed by atoms with van der Waals surface area (Å²) in [5, 5.41) is 0. The molecule has 0 radical (unpaired) electrons. The van der Waals surface area contributed by atoms with Gasteiger partial charge in [-0.1, -0.05) is 20.8 Å². The summed E-state index contributed by atoms with van der Waals surface area (Å²) in [6.07, 6.45) is 2.59. The van der Waals surface area contributed by atoms with Crippen molar-refractivity contribution in [2.45, 2.75) is 33.3 Å². The molecule has 0 aliphatic carbocycles. The van der Waals surface area contributed by atoms with E-state index < -0.39 is 0 Å². The van der Waals surface area contributed by atoms with Gasteiger partial charge in [-0.3, -0.25) is 4.79 Å². The van der Waals surface area contributed by atoms with Crippen LogP contribution in [0.5, 0.6) is 0 Å². The molecule has 5 nitrogen and oxygen atoms in total. The zero-order chi connectivity index (χ0) is 13.2. The monoisotopic (exact) mass is 269 g/mol. The quantitative estimate of drug-likeness (QED) is 0.780. The van der Waals surface area contributed by atoms with E-state index in [0.717, 1.165) is 24.7 Å². The Balaban J connectivity index is 1.99. The first-order valence-electron chi connectivity index (χ1n) is 6.17. The van der Waals surface area contributed by atoms with E-state index >= 15 is 0 Å². The summed E-state index contributed by atoms with van der Waals surface area (Å²) in [5.41, 5.74) is 0.551. The van der Waals surface area contributed by atoms with Crippen LogP contribution in [-0.2, 0) is 4.74 Å². The molecule has 1 aliphatic rings. The van der Waals surface area contributed by atoms with E-state index in [4.69, 9.17) is 4.74 Å². The predicted octanol–water partition coefficient (Wildman–Crippen LogP) is 1.82. The summed E-state index contributed by atoms with van der Waals surface area (Å²) >= 11 is 1.06. The number of nitrogens with zero attached hydrogens (tertiary/aromatic N) is 3. The van der Waals surface area contributed by atoms with E-state index in [1.165, 1.54) is 6.20 Å². The average Bonchev–Trinajstić information content (AvgIpc) is 2.70. The highest BCUT2D eigenvalue weighted by Gasteiger charge is 2.30. The van der Waals surface area contributed by atoms with Crippen molar-refractivity contribution < 1.29 is 9.53 Å². The Labute approximate surface area is 111 Å². The zero-order valence-corrected chi connectivity index (χ0v) is 11.9. The van der Waals surface area contributed by atoms with Crippen LogP contribution in [0.4, 0.5) is 0 Å². The molecule has 1 atom stereocenters. The maximum absolute atomic E-state index is 12.1. The molecule has 100 valence electrons. The molecule has 1 fully saturated rings. The van der Waals surface area contributed by atoms with Crippen molar-refractivity contribution in [1.29, 1.82) is 0 Å². The summed E-state index contributed by atoms with van der Waals surface area (Å²) in [7, 11) is 0. The van der Waals surface area contributed by atoms with E-state index in [1.54, 1.807) is 0 Å². The molecule has 18 heavy (non-hydrogen) atoms. The molecular weight excluding hydrogens is 250 g/mol. The standard InChI is InChI=1S/C12H19N3O2S/c1-12(2,3)10-4-5-15(6-7-17-10)11(16)9-8-13-18-14-9/h8,10H,4-7H2,1-3H3. The normalized spacial score (nSPS) is 21.7. The Bertz CT molecular complexity index is 400. The largest absolute Gasteiger partial charge is 0.376 e. The van der Waals surface area contributed by atoms with Crippen LogP contribution in [0.1, 0.15) is 37.7 Å². The highest BCUT2D eigenvalue weighted by molar-refractivity contribution is 6.99. The van der Waals surface area contributed by atoms with E-state index in [9.17, 15) is 4.79 Å². The van der Waals surface area contributed by atoms with Crippen molar-refractivity contribution in [3.8, 4) is 0 Å². The Morgan fingerprint density at radius 1 is 1.50 bits per heavy atom. The number of aromatic nitrogens is 2. The number of carbonyl (C=O) groups excluding carboxylic acids is 1. The van der Waals surface area contributed by atoms with Crippen LogP contribution >= 0.6 is 11.7 Å². The summed E-state index contributed by atoms with van der Waals surface area (Å²) in [4.78, 5) is 14.0. The molecule has 1 aromatic rings. The molecular formula is C12H19N3O2S. The molecule has 1 unspecified atom stereocenters. The van der Waals surface area contributed by atoms with Gasteiger partial charge in [0.1, 0.15) is 0 Å². The lowest BCUT2D eigenvalue weighted by atomic mass is 9.87. The number of hydrogen-bond donors (Lipinski definition) is 0. The minimum atomic E-state index is -0.0399. The Morgan fingerprint density at radius 2 is 2.28 bits per heavy atom. The molecule has 0 N–H and O–H groups in total.